The van der Waals surface area contributed by atoms with E-state index in [0.717, 1.165) is 31.1 Å². The fraction of sp³-hybridized carbons (Fsp3) is 0.647. The highest BCUT2D eigenvalue weighted by atomic mass is 32.2. The van der Waals surface area contributed by atoms with Gasteiger partial charge in [-0.3, -0.25) is 14.7 Å². The van der Waals surface area contributed by atoms with Gasteiger partial charge in [0, 0.05) is 22.6 Å². The molecule has 0 radical (unpaired) electrons. The highest BCUT2D eigenvalue weighted by Crippen LogP contribution is 2.52. The molecule has 3 N–H and O–H groups in total. The molecule has 0 aliphatic carbocycles. The van der Waals surface area contributed by atoms with Crippen LogP contribution in [0.1, 0.15) is 69.7 Å². The number of unbranched alkanes of at least 4 members (excludes halogenated alkanes) is 7. The number of rotatable bonds is 13. The average molecular weight is 405 g/mol. The summed E-state index contributed by atoms with van der Waals surface area (Å²) in [5, 5.41) is 20.8. The molecule has 0 heterocycles. The minimum Gasteiger partial charge on any atom is -0.376 e. The fourth-order valence-corrected chi connectivity index (χ4v) is 4.32. The van der Waals surface area contributed by atoms with E-state index >= 15 is 0 Å². The zero-order valence-electron chi connectivity index (χ0n) is 15.0. The Kier molecular flexibility index (Phi) is 10.4. The first-order valence-corrected chi connectivity index (χ1v) is 11.6. The predicted octanol–water partition coefficient (Wildman–Crippen LogP) is 5.00. The molecule has 7 nitrogen and oxygen atoms in total. The zero-order valence-corrected chi connectivity index (χ0v) is 16.8. The highest BCUT2D eigenvalue weighted by molar-refractivity contribution is 7.99. The van der Waals surface area contributed by atoms with Crippen molar-refractivity contribution in [2.24, 2.45) is 0 Å². The van der Waals surface area contributed by atoms with Gasteiger partial charge >= 0.3 is 7.60 Å². The molecule has 0 aliphatic heterocycles. The monoisotopic (exact) mass is 405 g/mol. The first kappa shape index (κ1) is 23.1. The number of thioether (sulfide) groups is 1. The summed E-state index contributed by atoms with van der Waals surface area (Å²) in [4.78, 5) is 29.1. The Bertz CT molecular complexity index is 621. The van der Waals surface area contributed by atoms with Gasteiger partial charge in [0.15, 0.2) is 5.85 Å². The topological polar surface area (TPSA) is 121 Å². The summed E-state index contributed by atoms with van der Waals surface area (Å²) in [6.45, 7) is 2.19. The van der Waals surface area contributed by atoms with Crippen molar-refractivity contribution in [2.75, 3.05) is 5.75 Å². The van der Waals surface area contributed by atoms with E-state index in [1.807, 2.05) is 0 Å². The second kappa shape index (κ2) is 11.7. The van der Waals surface area contributed by atoms with E-state index in [9.17, 15) is 29.6 Å². The molecule has 1 unspecified atom stereocenters. The molecule has 0 amide bonds. The number of nitrogens with zero attached hydrogens (tertiary/aromatic N) is 1. The molecule has 1 aromatic rings. The SMILES string of the molecule is CCCCCCCCCCSc1ccc([N+](=O)[O-])cc1C(O)P(=O)(O)O. The van der Waals surface area contributed by atoms with E-state index in [1.165, 1.54) is 56.0 Å². The first-order chi connectivity index (χ1) is 12.3. The summed E-state index contributed by atoms with van der Waals surface area (Å²) in [6.07, 6.45) is 9.42. The summed E-state index contributed by atoms with van der Waals surface area (Å²) in [5.74, 6) is -1.32. The van der Waals surface area contributed by atoms with Crippen LogP contribution in [0.3, 0.4) is 0 Å². The molecular weight excluding hydrogens is 377 g/mol. The van der Waals surface area contributed by atoms with Crippen LogP contribution in [0.2, 0.25) is 0 Å². The lowest BCUT2D eigenvalue weighted by atomic mass is 10.1. The van der Waals surface area contributed by atoms with Gasteiger partial charge in [-0.2, -0.15) is 0 Å². The summed E-state index contributed by atoms with van der Waals surface area (Å²) >= 11 is 1.36. The largest absolute Gasteiger partial charge is 0.376 e. The van der Waals surface area contributed by atoms with Crippen molar-refractivity contribution >= 4 is 25.0 Å². The van der Waals surface area contributed by atoms with Crippen LogP contribution in [0.25, 0.3) is 0 Å². The molecule has 1 atom stereocenters. The van der Waals surface area contributed by atoms with Gasteiger partial charge in [-0.05, 0) is 18.2 Å². The third-order valence-electron chi connectivity index (χ3n) is 4.06. The normalized spacial score (nSPS) is 12.9. The lowest BCUT2D eigenvalue weighted by Gasteiger charge is -2.16. The van der Waals surface area contributed by atoms with Gasteiger partial charge in [0.1, 0.15) is 0 Å². The average Bonchev–Trinajstić information content (AvgIpc) is 2.58. The van der Waals surface area contributed by atoms with Gasteiger partial charge in [-0.1, -0.05) is 51.9 Å². The molecular formula is C17H28NO6PS. The molecule has 0 spiro atoms. The van der Waals surface area contributed by atoms with Crippen molar-refractivity contribution < 1.29 is 24.4 Å². The maximum atomic E-state index is 11.4. The van der Waals surface area contributed by atoms with Crippen LogP contribution in [0.5, 0.6) is 0 Å². The minimum absolute atomic E-state index is 0.0860. The van der Waals surface area contributed by atoms with Gasteiger partial charge in [0.2, 0.25) is 0 Å². The van der Waals surface area contributed by atoms with E-state index in [0.29, 0.717) is 4.90 Å². The van der Waals surface area contributed by atoms with Crippen LogP contribution >= 0.6 is 19.4 Å². The van der Waals surface area contributed by atoms with Gasteiger partial charge in [-0.15, -0.1) is 11.8 Å². The third kappa shape index (κ3) is 8.18. The highest BCUT2D eigenvalue weighted by Gasteiger charge is 2.31. The Morgan fingerprint density at radius 1 is 1.12 bits per heavy atom. The molecule has 0 saturated heterocycles. The molecule has 0 fully saturated rings. The number of nitro groups is 1. The molecule has 1 rings (SSSR count). The maximum Gasteiger partial charge on any atom is 0.358 e. The Labute approximate surface area is 158 Å². The Balaban J connectivity index is 2.57. The molecule has 1 aromatic carbocycles. The second-order valence-electron chi connectivity index (χ2n) is 6.27. The van der Waals surface area contributed by atoms with Crippen LogP contribution in [0.15, 0.2) is 23.1 Å². The first-order valence-electron chi connectivity index (χ1n) is 8.91. The van der Waals surface area contributed by atoms with Crippen molar-refractivity contribution in [3.63, 3.8) is 0 Å². The van der Waals surface area contributed by atoms with E-state index in [1.54, 1.807) is 0 Å². The number of benzene rings is 1. The second-order valence-corrected chi connectivity index (χ2v) is 9.07. The molecule has 0 aromatic heterocycles. The predicted molar refractivity (Wildman–Crippen MR) is 103 cm³/mol. The van der Waals surface area contributed by atoms with Gasteiger partial charge in [0.25, 0.3) is 5.69 Å². The summed E-state index contributed by atoms with van der Waals surface area (Å²) in [6, 6.07) is 3.77. The van der Waals surface area contributed by atoms with Gasteiger partial charge in [-0.25, -0.2) is 0 Å². The molecule has 0 bridgehead atoms. The smallest absolute Gasteiger partial charge is 0.358 e. The number of hydrogen-bond acceptors (Lipinski definition) is 5. The van der Waals surface area contributed by atoms with E-state index in [-0.39, 0.29) is 11.3 Å². The van der Waals surface area contributed by atoms with Gasteiger partial charge in [0.05, 0.1) is 4.92 Å². The van der Waals surface area contributed by atoms with Crippen LogP contribution in [0, 0.1) is 10.1 Å². The van der Waals surface area contributed by atoms with Crippen LogP contribution in [-0.4, -0.2) is 25.6 Å². The Morgan fingerprint density at radius 3 is 2.23 bits per heavy atom. The summed E-state index contributed by atoms with van der Waals surface area (Å²) in [7, 11) is -4.80. The minimum atomic E-state index is -4.80. The lowest BCUT2D eigenvalue weighted by Crippen LogP contribution is -2.02. The number of non-ortho nitro benzene ring substituents is 1. The van der Waals surface area contributed by atoms with Crippen molar-refractivity contribution in [2.45, 2.75) is 69.0 Å². The van der Waals surface area contributed by atoms with Crippen molar-refractivity contribution in [1.82, 2.24) is 0 Å². The summed E-state index contributed by atoms with van der Waals surface area (Å²) < 4.78 is 11.4. The molecule has 26 heavy (non-hydrogen) atoms. The van der Waals surface area contributed by atoms with Crippen LogP contribution < -0.4 is 0 Å². The molecule has 0 saturated carbocycles. The standard InChI is InChI=1S/C17H28NO6PS/c1-2-3-4-5-6-7-8-9-12-26-16-11-10-14(18(20)21)13-15(16)17(19)25(22,23)24/h10-11,13,17,19H,2-9,12H2,1H3,(H2,22,23,24). The molecule has 148 valence electrons. The van der Waals surface area contributed by atoms with E-state index in [2.05, 4.69) is 6.92 Å². The van der Waals surface area contributed by atoms with E-state index in [4.69, 9.17) is 0 Å². The maximum absolute atomic E-state index is 11.4. The molecule has 9 heteroatoms. The van der Waals surface area contributed by atoms with Crippen molar-refractivity contribution in [3.05, 3.63) is 33.9 Å². The fourth-order valence-electron chi connectivity index (χ4n) is 2.58. The number of aliphatic hydroxyl groups is 1. The lowest BCUT2D eigenvalue weighted by molar-refractivity contribution is -0.385. The molecule has 0 aliphatic rings. The van der Waals surface area contributed by atoms with E-state index < -0.39 is 18.4 Å². The number of hydrogen-bond donors (Lipinski definition) is 3. The van der Waals surface area contributed by atoms with Crippen LogP contribution in [-0.2, 0) is 4.57 Å². The number of nitro benzene ring substituents is 1. The van der Waals surface area contributed by atoms with Crippen molar-refractivity contribution in [1.29, 1.82) is 0 Å². The third-order valence-corrected chi connectivity index (χ3v) is 6.15. The summed E-state index contributed by atoms with van der Waals surface area (Å²) in [5.41, 5.74) is -0.388. The Hall–Kier alpha value is -0.920. The van der Waals surface area contributed by atoms with Crippen molar-refractivity contribution in [3.8, 4) is 0 Å². The Morgan fingerprint density at radius 2 is 1.69 bits per heavy atom. The van der Waals surface area contributed by atoms with Crippen LogP contribution in [0.4, 0.5) is 5.69 Å². The zero-order chi connectivity index (χ0) is 19.6. The quantitative estimate of drug-likeness (QED) is 0.139. The van der Waals surface area contributed by atoms with Gasteiger partial charge < -0.3 is 14.9 Å². The number of aliphatic hydroxyl groups excluding tert-OH is 1.